The van der Waals surface area contributed by atoms with Crippen molar-refractivity contribution in [2.24, 2.45) is 5.73 Å². The third-order valence-corrected chi connectivity index (χ3v) is 3.28. The first-order valence-corrected chi connectivity index (χ1v) is 7.05. The van der Waals surface area contributed by atoms with E-state index in [0.717, 1.165) is 4.90 Å². The summed E-state index contributed by atoms with van der Waals surface area (Å²) in [5.41, 5.74) is 6.14. The van der Waals surface area contributed by atoms with Gasteiger partial charge in [-0.15, -0.1) is 0 Å². The smallest absolute Gasteiger partial charge is 0.305 e. The van der Waals surface area contributed by atoms with Crippen LogP contribution in [0, 0.1) is 6.92 Å². The van der Waals surface area contributed by atoms with Crippen molar-refractivity contribution in [3.05, 3.63) is 30.2 Å². The molecule has 0 saturated carbocycles. The fourth-order valence-corrected chi connectivity index (χ4v) is 2.28. The van der Waals surface area contributed by atoms with Crippen LogP contribution in [0.5, 0.6) is 0 Å². The molecule has 3 N–H and O–H groups in total. The Labute approximate surface area is 137 Å². The molecule has 1 aromatic carbocycles. The highest BCUT2D eigenvalue weighted by molar-refractivity contribution is 5.83. The minimum Gasteiger partial charge on any atom is -0.481 e. The number of nitrogens with zero attached hydrogens (tertiary/aromatic N) is 3. The molecule has 126 valence electrons. The molecule has 9 heteroatoms. The average molecular weight is 332 g/mol. The number of hydrogen-bond acceptors (Lipinski definition) is 6. The maximum atomic E-state index is 11.5. The Balaban J connectivity index is 2.36. The van der Waals surface area contributed by atoms with E-state index in [4.69, 9.17) is 15.4 Å². The van der Waals surface area contributed by atoms with Crippen molar-refractivity contribution in [3.63, 3.8) is 0 Å². The molecule has 1 atom stereocenters. The number of carbonyl (C=O) groups excluding carboxylic acids is 2. The number of carbonyl (C=O) groups is 3. The molecular weight excluding hydrogens is 316 g/mol. The van der Waals surface area contributed by atoms with Crippen LogP contribution < -0.4 is 10.6 Å². The summed E-state index contributed by atoms with van der Waals surface area (Å²) >= 11 is 0. The number of aryl methyl sites for hydroxylation is 1. The molecule has 1 unspecified atom stereocenters. The third-order valence-electron chi connectivity index (χ3n) is 3.28. The maximum Gasteiger partial charge on any atom is 0.305 e. The van der Waals surface area contributed by atoms with Crippen molar-refractivity contribution in [1.29, 1.82) is 0 Å². The largest absolute Gasteiger partial charge is 0.481 e. The van der Waals surface area contributed by atoms with Crippen LogP contribution in [0.25, 0.3) is 11.4 Å². The molecule has 1 heterocycles. The lowest BCUT2D eigenvalue weighted by Crippen LogP contribution is -2.39. The topological polar surface area (TPSA) is 140 Å². The Hall–Kier alpha value is -3.23. The minimum atomic E-state index is -1.14. The van der Waals surface area contributed by atoms with E-state index in [2.05, 4.69) is 10.1 Å². The van der Waals surface area contributed by atoms with Gasteiger partial charge in [-0.2, -0.15) is 4.98 Å². The van der Waals surface area contributed by atoms with Gasteiger partial charge in [0.2, 0.25) is 24.0 Å². The highest BCUT2D eigenvalue weighted by atomic mass is 16.5. The lowest BCUT2D eigenvalue weighted by molar-refractivity contribution is -0.137. The van der Waals surface area contributed by atoms with Crippen molar-refractivity contribution in [2.75, 3.05) is 4.90 Å². The van der Waals surface area contributed by atoms with E-state index in [1.807, 2.05) is 0 Å². The van der Waals surface area contributed by atoms with Crippen LogP contribution in [0.4, 0.5) is 5.69 Å². The number of amides is 2. The maximum absolute atomic E-state index is 11.5. The van der Waals surface area contributed by atoms with Crippen molar-refractivity contribution >= 4 is 24.0 Å². The van der Waals surface area contributed by atoms with Gasteiger partial charge < -0.3 is 20.3 Å². The van der Waals surface area contributed by atoms with E-state index >= 15 is 0 Å². The molecule has 0 aliphatic carbocycles. The Morgan fingerprint density at radius 1 is 1.42 bits per heavy atom. The quantitative estimate of drug-likeness (QED) is 0.679. The Kier molecular flexibility index (Phi) is 5.25. The predicted molar refractivity (Wildman–Crippen MR) is 82.9 cm³/mol. The summed E-state index contributed by atoms with van der Waals surface area (Å²) in [4.78, 5) is 38.9. The van der Waals surface area contributed by atoms with Crippen LogP contribution in [0.3, 0.4) is 0 Å². The van der Waals surface area contributed by atoms with Crippen LogP contribution in [0.15, 0.2) is 28.8 Å². The van der Waals surface area contributed by atoms with Crippen molar-refractivity contribution in [2.45, 2.75) is 25.8 Å². The number of nitrogens with two attached hydrogens (primary N) is 1. The van der Waals surface area contributed by atoms with Gasteiger partial charge in [0.25, 0.3) is 0 Å². The van der Waals surface area contributed by atoms with E-state index in [1.54, 1.807) is 31.2 Å². The number of benzene rings is 1. The number of aromatic nitrogens is 2. The van der Waals surface area contributed by atoms with Gasteiger partial charge in [-0.3, -0.25) is 14.4 Å². The van der Waals surface area contributed by atoms with Gasteiger partial charge in [-0.1, -0.05) is 17.3 Å². The van der Waals surface area contributed by atoms with Crippen LogP contribution in [0.1, 0.15) is 18.7 Å². The summed E-state index contributed by atoms with van der Waals surface area (Å²) in [5, 5.41) is 12.8. The molecule has 0 saturated heterocycles. The van der Waals surface area contributed by atoms with Crippen LogP contribution in [-0.4, -0.2) is 39.6 Å². The summed E-state index contributed by atoms with van der Waals surface area (Å²) in [7, 11) is 0. The zero-order valence-corrected chi connectivity index (χ0v) is 12.9. The van der Waals surface area contributed by atoms with Crippen molar-refractivity contribution in [1.82, 2.24) is 10.1 Å². The van der Waals surface area contributed by atoms with E-state index in [9.17, 15) is 14.4 Å². The van der Waals surface area contributed by atoms with E-state index in [1.165, 1.54) is 0 Å². The van der Waals surface area contributed by atoms with Gasteiger partial charge in [0, 0.05) is 24.6 Å². The molecule has 9 nitrogen and oxygen atoms in total. The number of hydrogen-bond donors (Lipinski definition) is 2. The standard InChI is InChI=1S/C15H16N4O5/c1-9-17-15(18-24-9)10-3-2-4-11(5-10)19(8-20)12(6-13(16)21)7-14(22)23/h2-5,8,12H,6-7H2,1H3,(H2,16,21)(H,22,23). The molecule has 2 aromatic rings. The molecule has 0 aliphatic heterocycles. The zero-order chi connectivity index (χ0) is 17.7. The van der Waals surface area contributed by atoms with E-state index < -0.39 is 24.3 Å². The molecule has 2 rings (SSSR count). The lowest BCUT2D eigenvalue weighted by Gasteiger charge is -2.26. The first-order chi connectivity index (χ1) is 11.4. The third kappa shape index (κ3) is 4.15. The molecule has 0 radical (unpaired) electrons. The van der Waals surface area contributed by atoms with Crippen LogP contribution in [0.2, 0.25) is 0 Å². The number of anilines is 1. The number of carboxylic acid groups (broad SMARTS) is 1. The predicted octanol–water partition coefficient (Wildman–Crippen LogP) is 0.727. The molecule has 2 amide bonds. The summed E-state index contributed by atoms with van der Waals surface area (Å²) in [6, 6.07) is 5.71. The van der Waals surface area contributed by atoms with E-state index in [0.29, 0.717) is 29.4 Å². The van der Waals surface area contributed by atoms with Gasteiger partial charge in [-0.25, -0.2) is 0 Å². The summed E-state index contributed by atoms with van der Waals surface area (Å²) in [6.07, 6.45) is -0.207. The van der Waals surface area contributed by atoms with E-state index in [-0.39, 0.29) is 6.42 Å². The first kappa shape index (κ1) is 17.1. The highest BCUT2D eigenvalue weighted by Gasteiger charge is 2.24. The Morgan fingerprint density at radius 2 is 2.17 bits per heavy atom. The van der Waals surface area contributed by atoms with Gasteiger partial charge in [-0.05, 0) is 12.1 Å². The molecule has 24 heavy (non-hydrogen) atoms. The lowest BCUT2D eigenvalue weighted by atomic mass is 10.1. The average Bonchev–Trinajstić information content (AvgIpc) is 2.94. The second-order valence-corrected chi connectivity index (χ2v) is 5.12. The molecule has 0 spiro atoms. The number of carboxylic acids is 1. The fraction of sp³-hybridized carbons (Fsp3) is 0.267. The molecule has 0 aliphatic rings. The van der Waals surface area contributed by atoms with Crippen molar-refractivity contribution < 1.29 is 24.0 Å². The molecular formula is C15H16N4O5. The Morgan fingerprint density at radius 3 is 2.71 bits per heavy atom. The molecule has 0 fully saturated rings. The summed E-state index contributed by atoms with van der Waals surface area (Å²) < 4.78 is 4.92. The van der Waals surface area contributed by atoms with Gasteiger partial charge >= 0.3 is 5.97 Å². The molecule has 0 bridgehead atoms. The normalized spacial score (nSPS) is 11.7. The monoisotopic (exact) mass is 332 g/mol. The molecule has 1 aromatic heterocycles. The van der Waals surface area contributed by atoms with Gasteiger partial charge in [0.05, 0.1) is 12.5 Å². The second kappa shape index (κ2) is 7.36. The minimum absolute atomic E-state index is 0.267. The van der Waals surface area contributed by atoms with Crippen molar-refractivity contribution in [3.8, 4) is 11.4 Å². The van der Waals surface area contributed by atoms with Gasteiger partial charge in [0.1, 0.15) is 0 Å². The van der Waals surface area contributed by atoms with Crippen LogP contribution >= 0.6 is 0 Å². The first-order valence-electron chi connectivity index (χ1n) is 7.05. The second-order valence-electron chi connectivity index (χ2n) is 5.12. The fourth-order valence-electron chi connectivity index (χ4n) is 2.28. The summed E-state index contributed by atoms with van der Waals surface area (Å²) in [6.45, 7) is 1.65. The number of aliphatic carboxylic acids is 1. The highest BCUT2D eigenvalue weighted by Crippen LogP contribution is 2.25. The number of primary amides is 1. The zero-order valence-electron chi connectivity index (χ0n) is 12.9. The number of rotatable bonds is 8. The van der Waals surface area contributed by atoms with Crippen LogP contribution in [-0.2, 0) is 14.4 Å². The van der Waals surface area contributed by atoms with Gasteiger partial charge in [0.15, 0.2) is 0 Å². The Bertz CT molecular complexity index is 742. The summed E-state index contributed by atoms with van der Waals surface area (Å²) in [5.74, 6) is -1.11. The SMILES string of the molecule is Cc1nc(-c2cccc(N(C=O)C(CC(N)=O)CC(=O)O)c2)no1.